The highest BCUT2D eigenvalue weighted by Gasteiger charge is 2.03. The molecule has 0 saturated carbocycles. The molecule has 0 saturated heterocycles. The molecule has 3 rings (SSSR count). The predicted molar refractivity (Wildman–Crippen MR) is 121 cm³/mol. The first kappa shape index (κ1) is 20.9. The van der Waals surface area contributed by atoms with E-state index in [2.05, 4.69) is 38.4 Å². The van der Waals surface area contributed by atoms with Crippen LogP contribution < -0.4 is 10.1 Å². The Morgan fingerprint density at radius 2 is 1.72 bits per heavy atom. The van der Waals surface area contributed by atoms with E-state index >= 15 is 0 Å². The van der Waals surface area contributed by atoms with Crippen molar-refractivity contribution in [1.29, 1.82) is 0 Å². The SMILES string of the molecule is CCCCOc1ccc(CNc2ccc(N=Nc3ccc(Br)cc3)c(O)c2)cc1. The smallest absolute Gasteiger partial charge is 0.145 e. The zero-order valence-corrected chi connectivity index (χ0v) is 17.9. The summed E-state index contributed by atoms with van der Waals surface area (Å²) in [5.74, 6) is 0.968. The van der Waals surface area contributed by atoms with Crippen molar-refractivity contribution in [3.8, 4) is 11.5 Å². The quantitative estimate of drug-likeness (QED) is 0.262. The number of hydrogen-bond donors (Lipinski definition) is 2. The molecule has 0 fully saturated rings. The van der Waals surface area contributed by atoms with E-state index in [4.69, 9.17) is 4.74 Å². The highest BCUT2D eigenvalue weighted by molar-refractivity contribution is 9.10. The van der Waals surface area contributed by atoms with Gasteiger partial charge in [0.15, 0.2) is 0 Å². The summed E-state index contributed by atoms with van der Waals surface area (Å²) in [6, 6.07) is 20.8. The highest BCUT2D eigenvalue weighted by atomic mass is 79.9. The van der Waals surface area contributed by atoms with Gasteiger partial charge in [0.2, 0.25) is 0 Å². The van der Waals surface area contributed by atoms with Gasteiger partial charge in [0.05, 0.1) is 12.3 Å². The van der Waals surface area contributed by atoms with Crippen molar-refractivity contribution in [2.75, 3.05) is 11.9 Å². The number of azo groups is 1. The Bertz CT molecular complexity index is 941. The number of benzene rings is 3. The van der Waals surface area contributed by atoms with Gasteiger partial charge >= 0.3 is 0 Å². The molecule has 3 aromatic rings. The fraction of sp³-hybridized carbons (Fsp3) is 0.217. The molecule has 0 spiro atoms. The summed E-state index contributed by atoms with van der Waals surface area (Å²) < 4.78 is 6.66. The lowest BCUT2D eigenvalue weighted by molar-refractivity contribution is 0.309. The van der Waals surface area contributed by atoms with Crippen molar-refractivity contribution in [3.63, 3.8) is 0 Å². The van der Waals surface area contributed by atoms with Gasteiger partial charge in [0.1, 0.15) is 17.2 Å². The Labute approximate surface area is 179 Å². The van der Waals surface area contributed by atoms with Crippen LogP contribution in [-0.4, -0.2) is 11.7 Å². The average Bonchev–Trinajstić information content (AvgIpc) is 2.74. The first-order valence-electron chi connectivity index (χ1n) is 9.60. The van der Waals surface area contributed by atoms with Gasteiger partial charge in [0, 0.05) is 22.8 Å². The summed E-state index contributed by atoms with van der Waals surface area (Å²) in [6.45, 7) is 3.54. The summed E-state index contributed by atoms with van der Waals surface area (Å²) in [7, 11) is 0. The number of halogens is 1. The molecule has 150 valence electrons. The van der Waals surface area contributed by atoms with Crippen LogP contribution in [0.4, 0.5) is 17.1 Å². The second kappa shape index (κ2) is 10.6. The van der Waals surface area contributed by atoms with Gasteiger partial charge in [-0.3, -0.25) is 0 Å². The Kier molecular flexibility index (Phi) is 7.64. The van der Waals surface area contributed by atoms with Crippen LogP contribution in [0.25, 0.3) is 0 Å². The summed E-state index contributed by atoms with van der Waals surface area (Å²) in [5, 5.41) is 21.8. The molecule has 29 heavy (non-hydrogen) atoms. The summed E-state index contributed by atoms with van der Waals surface area (Å²) in [5.41, 5.74) is 3.09. The standard InChI is InChI=1S/C23H24BrN3O2/c1-2-3-14-29-21-11-4-17(5-12-21)16-25-20-10-13-22(23(28)15-20)27-26-19-8-6-18(24)7-9-19/h4-13,15,25,28H,2-3,14,16H2,1H3. The lowest BCUT2D eigenvalue weighted by atomic mass is 10.2. The molecule has 0 aliphatic carbocycles. The Hall–Kier alpha value is -2.86. The number of ether oxygens (including phenoxy) is 1. The first-order chi connectivity index (χ1) is 14.1. The first-order valence-corrected chi connectivity index (χ1v) is 10.4. The Balaban J connectivity index is 1.55. The third-order valence-electron chi connectivity index (χ3n) is 4.26. The maximum absolute atomic E-state index is 10.2. The van der Waals surface area contributed by atoms with Gasteiger partial charge in [-0.2, -0.15) is 5.11 Å². The molecule has 0 radical (unpaired) electrons. The van der Waals surface area contributed by atoms with Crippen molar-refractivity contribution in [2.45, 2.75) is 26.3 Å². The molecule has 0 aromatic heterocycles. The van der Waals surface area contributed by atoms with Gasteiger partial charge in [-0.25, -0.2) is 0 Å². The van der Waals surface area contributed by atoms with Gasteiger partial charge in [-0.1, -0.05) is 41.4 Å². The van der Waals surface area contributed by atoms with E-state index in [1.54, 1.807) is 12.1 Å². The molecular formula is C23H24BrN3O2. The van der Waals surface area contributed by atoms with Crippen LogP contribution in [0.15, 0.2) is 81.4 Å². The van der Waals surface area contributed by atoms with Crippen LogP contribution in [0.1, 0.15) is 25.3 Å². The van der Waals surface area contributed by atoms with Crippen LogP contribution in [0.5, 0.6) is 11.5 Å². The lowest BCUT2D eigenvalue weighted by Gasteiger charge is -2.09. The number of hydrogen-bond acceptors (Lipinski definition) is 5. The molecule has 3 aromatic carbocycles. The number of nitrogens with zero attached hydrogens (tertiary/aromatic N) is 2. The third kappa shape index (κ3) is 6.61. The second-order valence-corrected chi connectivity index (χ2v) is 7.50. The number of phenolic OH excluding ortho intramolecular Hbond substituents is 1. The van der Waals surface area contributed by atoms with Crippen molar-refractivity contribution in [1.82, 2.24) is 0 Å². The normalized spacial score (nSPS) is 11.0. The second-order valence-electron chi connectivity index (χ2n) is 6.58. The van der Waals surface area contributed by atoms with Crippen LogP contribution >= 0.6 is 15.9 Å². The monoisotopic (exact) mass is 453 g/mol. The van der Waals surface area contributed by atoms with E-state index < -0.39 is 0 Å². The van der Waals surface area contributed by atoms with Gasteiger partial charge in [0.25, 0.3) is 0 Å². The minimum absolute atomic E-state index is 0.0792. The minimum atomic E-state index is 0.0792. The summed E-state index contributed by atoms with van der Waals surface area (Å²) in [4.78, 5) is 0. The number of phenols is 1. The molecule has 5 nitrogen and oxygen atoms in total. The zero-order valence-electron chi connectivity index (χ0n) is 16.3. The molecule has 0 amide bonds. The van der Waals surface area contributed by atoms with E-state index in [0.29, 0.717) is 12.2 Å². The van der Waals surface area contributed by atoms with Crippen molar-refractivity contribution in [2.24, 2.45) is 10.2 Å². The zero-order chi connectivity index (χ0) is 20.5. The molecule has 2 N–H and O–H groups in total. The number of rotatable bonds is 9. The molecular weight excluding hydrogens is 430 g/mol. The van der Waals surface area contributed by atoms with E-state index in [9.17, 15) is 5.11 Å². The predicted octanol–water partition coefficient (Wildman–Crippen LogP) is 7.36. The fourth-order valence-corrected chi connectivity index (χ4v) is 2.84. The number of anilines is 1. The summed E-state index contributed by atoms with van der Waals surface area (Å²) in [6.07, 6.45) is 2.19. The molecule has 0 bridgehead atoms. The average molecular weight is 454 g/mol. The number of nitrogens with one attached hydrogen (secondary N) is 1. The third-order valence-corrected chi connectivity index (χ3v) is 4.79. The lowest BCUT2D eigenvalue weighted by Crippen LogP contribution is -2.00. The van der Waals surface area contributed by atoms with Crippen LogP contribution in [0.3, 0.4) is 0 Å². The maximum Gasteiger partial charge on any atom is 0.145 e. The largest absolute Gasteiger partial charge is 0.506 e. The topological polar surface area (TPSA) is 66.2 Å². The van der Waals surface area contributed by atoms with Crippen molar-refractivity contribution in [3.05, 3.63) is 76.8 Å². The number of aromatic hydroxyl groups is 1. The van der Waals surface area contributed by atoms with Crippen molar-refractivity contribution >= 4 is 33.0 Å². The van der Waals surface area contributed by atoms with E-state index in [-0.39, 0.29) is 5.75 Å². The molecule has 0 heterocycles. The fourth-order valence-electron chi connectivity index (χ4n) is 2.58. The van der Waals surface area contributed by atoms with E-state index in [1.807, 2.05) is 54.6 Å². The van der Waals surface area contributed by atoms with E-state index in [0.717, 1.165) is 46.6 Å². The minimum Gasteiger partial charge on any atom is -0.506 e. The van der Waals surface area contributed by atoms with Crippen LogP contribution in [-0.2, 0) is 6.54 Å². The molecule has 6 heteroatoms. The van der Waals surface area contributed by atoms with Gasteiger partial charge in [-0.15, -0.1) is 5.11 Å². The maximum atomic E-state index is 10.2. The van der Waals surface area contributed by atoms with E-state index in [1.165, 1.54) is 0 Å². The molecule has 0 unspecified atom stereocenters. The molecule has 0 aliphatic rings. The Morgan fingerprint density at radius 3 is 2.41 bits per heavy atom. The van der Waals surface area contributed by atoms with Gasteiger partial charge in [-0.05, 0) is 60.5 Å². The molecule has 0 aliphatic heterocycles. The summed E-state index contributed by atoms with van der Waals surface area (Å²) >= 11 is 3.38. The Morgan fingerprint density at radius 1 is 0.966 bits per heavy atom. The number of unbranched alkanes of at least 4 members (excludes halogenated alkanes) is 1. The van der Waals surface area contributed by atoms with Crippen LogP contribution in [0.2, 0.25) is 0 Å². The van der Waals surface area contributed by atoms with Gasteiger partial charge < -0.3 is 15.2 Å². The van der Waals surface area contributed by atoms with Crippen molar-refractivity contribution < 1.29 is 9.84 Å². The highest BCUT2D eigenvalue weighted by Crippen LogP contribution is 2.31. The van der Waals surface area contributed by atoms with Crippen LogP contribution in [0, 0.1) is 0 Å². The molecule has 0 atom stereocenters.